The van der Waals surface area contributed by atoms with E-state index in [0.717, 1.165) is 13.0 Å². The van der Waals surface area contributed by atoms with Gasteiger partial charge in [0, 0.05) is 6.54 Å². The third kappa shape index (κ3) is 13.7. The zero-order chi connectivity index (χ0) is 11.6. The van der Waals surface area contributed by atoms with Gasteiger partial charge in [-0.3, -0.25) is 0 Å². The first-order valence-corrected chi connectivity index (χ1v) is 4.99. The molecule has 0 aromatic heterocycles. The Balaban J connectivity index is 2.99. The fourth-order valence-corrected chi connectivity index (χ4v) is 0.854. The maximum atomic E-state index is 11.6. The summed E-state index contributed by atoms with van der Waals surface area (Å²) in [6.45, 7) is 3.16. The molecule has 0 radical (unpaired) electrons. The molecule has 15 heavy (non-hydrogen) atoms. The largest absolute Gasteiger partial charge is 0.411 e. The maximum Gasteiger partial charge on any atom is 0.411 e. The normalized spacial score (nSPS) is 12.0. The topological polar surface area (TPSA) is 30.5 Å². The number of alkyl halides is 3. The molecule has 0 aromatic carbocycles. The molecule has 0 bridgehead atoms. The van der Waals surface area contributed by atoms with Gasteiger partial charge >= 0.3 is 6.18 Å². The fraction of sp³-hybridized carbons (Fsp3) is 1.00. The van der Waals surface area contributed by atoms with Gasteiger partial charge in [0.15, 0.2) is 0 Å². The minimum absolute atomic E-state index is 0.0205. The number of nitrogens with one attached hydrogen (secondary N) is 1. The van der Waals surface area contributed by atoms with E-state index in [4.69, 9.17) is 4.74 Å². The molecular weight excluding hydrogens is 211 g/mol. The van der Waals surface area contributed by atoms with Gasteiger partial charge in [-0.05, 0) is 13.0 Å². The van der Waals surface area contributed by atoms with Crippen molar-refractivity contribution in [1.82, 2.24) is 5.32 Å². The van der Waals surface area contributed by atoms with Crippen molar-refractivity contribution in [3.8, 4) is 0 Å². The summed E-state index contributed by atoms with van der Waals surface area (Å²) in [5.41, 5.74) is 0. The van der Waals surface area contributed by atoms with Crippen LogP contribution in [0.5, 0.6) is 0 Å². The van der Waals surface area contributed by atoms with Crippen molar-refractivity contribution in [2.24, 2.45) is 0 Å². The van der Waals surface area contributed by atoms with Crippen LogP contribution in [-0.2, 0) is 9.47 Å². The number of halogens is 3. The van der Waals surface area contributed by atoms with E-state index in [2.05, 4.69) is 17.0 Å². The smallest absolute Gasteiger partial charge is 0.378 e. The highest BCUT2D eigenvalue weighted by Crippen LogP contribution is 2.13. The summed E-state index contributed by atoms with van der Waals surface area (Å²) < 4.78 is 44.2. The SMILES string of the molecule is CCCNCCOCCOCC(F)(F)F. The predicted octanol–water partition coefficient (Wildman–Crippen LogP) is 1.58. The minimum Gasteiger partial charge on any atom is -0.378 e. The Morgan fingerprint density at radius 1 is 1.00 bits per heavy atom. The summed E-state index contributed by atoms with van der Waals surface area (Å²) in [5.74, 6) is 0. The van der Waals surface area contributed by atoms with Crippen molar-refractivity contribution in [2.45, 2.75) is 19.5 Å². The standard InChI is InChI=1S/C9H18F3NO2/c1-2-3-13-4-5-14-6-7-15-8-9(10,11)12/h13H,2-8H2,1H3. The van der Waals surface area contributed by atoms with E-state index in [1.54, 1.807) is 0 Å². The molecule has 0 aromatic rings. The van der Waals surface area contributed by atoms with Crippen molar-refractivity contribution in [1.29, 1.82) is 0 Å². The lowest BCUT2D eigenvalue weighted by Gasteiger charge is -2.08. The number of rotatable bonds is 9. The Morgan fingerprint density at radius 2 is 1.67 bits per heavy atom. The zero-order valence-corrected chi connectivity index (χ0v) is 8.90. The van der Waals surface area contributed by atoms with E-state index < -0.39 is 12.8 Å². The maximum absolute atomic E-state index is 11.6. The van der Waals surface area contributed by atoms with Crippen molar-refractivity contribution in [2.75, 3.05) is 39.5 Å². The average Bonchev–Trinajstić information content (AvgIpc) is 2.14. The van der Waals surface area contributed by atoms with Gasteiger partial charge < -0.3 is 14.8 Å². The van der Waals surface area contributed by atoms with Crippen LogP contribution < -0.4 is 5.32 Å². The molecule has 0 aliphatic rings. The average molecular weight is 229 g/mol. The van der Waals surface area contributed by atoms with E-state index in [1.165, 1.54) is 0 Å². The van der Waals surface area contributed by atoms with Crippen LogP contribution in [0.25, 0.3) is 0 Å². The predicted molar refractivity (Wildman–Crippen MR) is 50.9 cm³/mol. The third-order valence-corrected chi connectivity index (χ3v) is 1.49. The molecule has 1 N–H and O–H groups in total. The van der Waals surface area contributed by atoms with Gasteiger partial charge in [0.2, 0.25) is 0 Å². The van der Waals surface area contributed by atoms with Crippen molar-refractivity contribution < 1.29 is 22.6 Å². The van der Waals surface area contributed by atoms with E-state index in [9.17, 15) is 13.2 Å². The molecule has 0 aliphatic carbocycles. The van der Waals surface area contributed by atoms with Crippen molar-refractivity contribution in [3.63, 3.8) is 0 Å². The molecule has 0 heterocycles. The monoisotopic (exact) mass is 229 g/mol. The summed E-state index contributed by atoms with van der Waals surface area (Å²) >= 11 is 0. The molecule has 0 spiro atoms. The first-order valence-electron chi connectivity index (χ1n) is 4.99. The first kappa shape index (κ1) is 14.7. The van der Waals surface area contributed by atoms with Crippen molar-refractivity contribution >= 4 is 0 Å². The molecule has 0 saturated carbocycles. The quantitative estimate of drug-likeness (QED) is 0.609. The zero-order valence-electron chi connectivity index (χ0n) is 8.90. The van der Waals surface area contributed by atoms with E-state index in [0.29, 0.717) is 13.2 Å². The van der Waals surface area contributed by atoms with Gasteiger partial charge in [0.05, 0.1) is 19.8 Å². The molecule has 0 amide bonds. The van der Waals surface area contributed by atoms with Crippen LogP contribution in [0.1, 0.15) is 13.3 Å². The number of ether oxygens (including phenoxy) is 2. The lowest BCUT2D eigenvalue weighted by Crippen LogP contribution is -2.22. The molecule has 0 atom stereocenters. The van der Waals surface area contributed by atoms with Crippen LogP contribution in [0.2, 0.25) is 0 Å². The first-order chi connectivity index (χ1) is 7.06. The summed E-state index contributed by atoms with van der Waals surface area (Å²) in [5, 5.41) is 3.10. The van der Waals surface area contributed by atoms with Crippen LogP contribution in [0.3, 0.4) is 0 Å². The molecule has 0 aliphatic heterocycles. The van der Waals surface area contributed by atoms with Gasteiger partial charge in [0.25, 0.3) is 0 Å². The third-order valence-electron chi connectivity index (χ3n) is 1.49. The molecular formula is C9H18F3NO2. The fourth-order valence-electron chi connectivity index (χ4n) is 0.854. The van der Waals surface area contributed by atoms with E-state index >= 15 is 0 Å². The minimum atomic E-state index is -4.25. The number of hydrogen-bond acceptors (Lipinski definition) is 3. The molecule has 6 heteroatoms. The molecule has 0 unspecified atom stereocenters. The van der Waals surface area contributed by atoms with E-state index in [-0.39, 0.29) is 13.2 Å². The lowest BCUT2D eigenvalue weighted by atomic mass is 10.5. The van der Waals surface area contributed by atoms with Crippen LogP contribution in [0.15, 0.2) is 0 Å². The van der Waals surface area contributed by atoms with Crippen LogP contribution in [0.4, 0.5) is 13.2 Å². The highest BCUT2D eigenvalue weighted by Gasteiger charge is 2.27. The van der Waals surface area contributed by atoms with Gasteiger partial charge in [-0.2, -0.15) is 13.2 Å². The van der Waals surface area contributed by atoms with Gasteiger partial charge in [-0.25, -0.2) is 0 Å². The summed E-state index contributed by atoms with van der Waals surface area (Å²) in [6, 6.07) is 0. The van der Waals surface area contributed by atoms with Gasteiger partial charge in [0.1, 0.15) is 6.61 Å². The van der Waals surface area contributed by atoms with Gasteiger partial charge in [-0.15, -0.1) is 0 Å². The van der Waals surface area contributed by atoms with Crippen LogP contribution >= 0.6 is 0 Å². The van der Waals surface area contributed by atoms with Gasteiger partial charge in [-0.1, -0.05) is 6.92 Å². The summed E-state index contributed by atoms with van der Waals surface area (Å²) in [7, 11) is 0. The summed E-state index contributed by atoms with van der Waals surface area (Å²) in [6.07, 6.45) is -3.20. The highest BCUT2D eigenvalue weighted by atomic mass is 19.4. The second kappa shape index (κ2) is 8.94. The molecule has 0 rings (SSSR count). The Hall–Kier alpha value is -0.330. The molecule has 92 valence electrons. The van der Waals surface area contributed by atoms with Crippen LogP contribution in [0, 0.1) is 0 Å². The molecule has 0 saturated heterocycles. The second-order valence-corrected chi connectivity index (χ2v) is 3.03. The Kier molecular flexibility index (Phi) is 8.74. The number of hydrogen-bond donors (Lipinski definition) is 1. The second-order valence-electron chi connectivity index (χ2n) is 3.03. The molecule has 0 fully saturated rings. The van der Waals surface area contributed by atoms with E-state index in [1.807, 2.05) is 0 Å². The van der Waals surface area contributed by atoms with Crippen molar-refractivity contribution in [3.05, 3.63) is 0 Å². The summed E-state index contributed by atoms with van der Waals surface area (Å²) in [4.78, 5) is 0. The Morgan fingerprint density at radius 3 is 2.27 bits per heavy atom. The molecule has 3 nitrogen and oxygen atoms in total. The lowest BCUT2D eigenvalue weighted by molar-refractivity contribution is -0.176. The Bertz CT molecular complexity index is 142. The Labute approximate surface area is 87.9 Å². The van der Waals surface area contributed by atoms with Crippen LogP contribution in [-0.4, -0.2) is 45.7 Å². The highest BCUT2D eigenvalue weighted by molar-refractivity contribution is 4.46.